The van der Waals surface area contributed by atoms with Gasteiger partial charge in [-0.05, 0) is 68.1 Å². The summed E-state index contributed by atoms with van der Waals surface area (Å²) in [5, 5.41) is 6.56. The van der Waals surface area contributed by atoms with Crippen molar-refractivity contribution in [3.8, 4) is 5.75 Å². The van der Waals surface area contributed by atoms with E-state index in [0.717, 1.165) is 56.9 Å². The number of benzene rings is 2. The first-order chi connectivity index (χ1) is 15.6. The molecule has 0 radical (unpaired) electrons. The number of piperazine rings is 1. The van der Waals surface area contributed by atoms with Gasteiger partial charge in [0.15, 0.2) is 0 Å². The number of hydrogen-bond donors (Lipinski definition) is 2. The second kappa shape index (κ2) is 13.7. The van der Waals surface area contributed by atoms with E-state index in [1.54, 1.807) is 19.2 Å². The minimum absolute atomic E-state index is 0. The second-order valence-electron chi connectivity index (χ2n) is 8.83. The van der Waals surface area contributed by atoms with Gasteiger partial charge in [-0.25, -0.2) is 9.18 Å². The molecule has 1 unspecified atom stereocenters. The van der Waals surface area contributed by atoms with Gasteiger partial charge in [-0.15, -0.1) is 24.8 Å². The third-order valence-corrected chi connectivity index (χ3v) is 6.49. The van der Waals surface area contributed by atoms with Crippen LogP contribution in [0.4, 0.5) is 14.9 Å². The molecular weight excluding hydrogens is 478 g/mol. The molecule has 6 nitrogen and oxygen atoms in total. The van der Waals surface area contributed by atoms with Gasteiger partial charge in [-0.1, -0.05) is 18.2 Å². The van der Waals surface area contributed by atoms with Gasteiger partial charge < -0.3 is 25.2 Å². The standard InChI is InChI=1S/C25H33FN4O2.2ClH/c1-32-24-4-2-3-22(16-24)28-25(31)30-14-11-27-23(18-30)17-29-12-9-20(10-13-29)15-19-5-7-21(26)8-6-19;;/h2-8,16,20,23,27H,9-15,17-18H2,1H3,(H,28,31);2*1H. The first-order valence-electron chi connectivity index (χ1n) is 11.5. The molecule has 2 fully saturated rings. The number of carbonyl (C=O) groups is 1. The third-order valence-electron chi connectivity index (χ3n) is 6.49. The molecule has 9 heteroatoms. The van der Waals surface area contributed by atoms with Gasteiger partial charge in [0, 0.05) is 44.0 Å². The molecule has 0 aliphatic carbocycles. The lowest BCUT2D eigenvalue weighted by Gasteiger charge is -2.38. The monoisotopic (exact) mass is 512 g/mol. The van der Waals surface area contributed by atoms with Crippen LogP contribution in [-0.4, -0.2) is 68.3 Å². The van der Waals surface area contributed by atoms with Crippen LogP contribution in [0.1, 0.15) is 18.4 Å². The molecule has 2 aliphatic rings. The van der Waals surface area contributed by atoms with Crippen molar-refractivity contribution in [2.24, 2.45) is 5.92 Å². The van der Waals surface area contributed by atoms with Gasteiger partial charge in [0.05, 0.1) is 7.11 Å². The number of halogens is 3. The van der Waals surface area contributed by atoms with E-state index in [9.17, 15) is 9.18 Å². The summed E-state index contributed by atoms with van der Waals surface area (Å²) in [6.45, 7) is 5.29. The number of amides is 2. The average molecular weight is 513 g/mol. The molecule has 1 atom stereocenters. The zero-order chi connectivity index (χ0) is 22.3. The van der Waals surface area contributed by atoms with Crippen LogP contribution in [0.5, 0.6) is 5.75 Å². The van der Waals surface area contributed by atoms with Crippen molar-refractivity contribution in [2.75, 3.05) is 51.7 Å². The van der Waals surface area contributed by atoms with E-state index in [0.29, 0.717) is 19.0 Å². The lowest BCUT2D eigenvalue weighted by atomic mass is 9.90. The van der Waals surface area contributed by atoms with Crippen LogP contribution in [0.25, 0.3) is 0 Å². The van der Waals surface area contributed by atoms with E-state index in [1.165, 1.54) is 5.56 Å². The maximum Gasteiger partial charge on any atom is 0.321 e. The van der Waals surface area contributed by atoms with E-state index in [2.05, 4.69) is 15.5 Å². The first-order valence-corrected chi connectivity index (χ1v) is 11.5. The summed E-state index contributed by atoms with van der Waals surface area (Å²) in [6, 6.07) is 14.5. The Balaban J connectivity index is 0.00000204. The SMILES string of the molecule is COc1cccc(NC(=O)N2CCNC(CN3CCC(Cc4ccc(F)cc4)CC3)C2)c1.Cl.Cl. The molecule has 2 aromatic rings. The molecule has 2 aliphatic heterocycles. The highest BCUT2D eigenvalue weighted by Crippen LogP contribution is 2.22. The Hall–Kier alpha value is -2.06. The summed E-state index contributed by atoms with van der Waals surface area (Å²) in [4.78, 5) is 17.1. The van der Waals surface area contributed by atoms with Gasteiger partial charge in [-0.3, -0.25) is 0 Å². The number of hydrogen-bond acceptors (Lipinski definition) is 4. The van der Waals surface area contributed by atoms with Crippen molar-refractivity contribution in [1.82, 2.24) is 15.1 Å². The predicted molar refractivity (Wildman–Crippen MR) is 139 cm³/mol. The number of urea groups is 1. The molecule has 2 amide bonds. The molecule has 0 bridgehead atoms. The number of nitrogens with zero attached hydrogens (tertiary/aromatic N) is 2. The summed E-state index contributed by atoms with van der Waals surface area (Å²) in [5.74, 6) is 1.21. The summed E-state index contributed by atoms with van der Waals surface area (Å²) in [6.07, 6.45) is 3.34. The lowest BCUT2D eigenvalue weighted by molar-refractivity contribution is 0.139. The molecule has 0 spiro atoms. The van der Waals surface area contributed by atoms with Crippen molar-refractivity contribution in [3.63, 3.8) is 0 Å². The Morgan fingerprint density at radius 2 is 1.85 bits per heavy atom. The number of anilines is 1. The summed E-state index contributed by atoms with van der Waals surface area (Å²) in [5.41, 5.74) is 1.96. The fourth-order valence-electron chi connectivity index (χ4n) is 4.67. The first kappa shape index (κ1) is 28.2. The van der Waals surface area contributed by atoms with E-state index in [1.807, 2.05) is 41.3 Å². The minimum Gasteiger partial charge on any atom is -0.497 e. The molecule has 0 aromatic heterocycles. The second-order valence-corrected chi connectivity index (χ2v) is 8.83. The summed E-state index contributed by atoms with van der Waals surface area (Å²) < 4.78 is 18.3. The van der Waals surface area contributed by atoms with Gasteiger partial charge in [0.1, 0.15) is 11.6 Å². The number of carbonyl (C=O) groups excluding carboxylic acids is 1. The number of methoxy groups -OCH3 is 1. The molecule has 188 valence electrons. The zero-order valence-corrected chi connectivity index (χ0v) is 21.2. The number of ether oxygens (including phenoxy) is 1. The van der Waals surface area contributed by atoms with Crippen LogP contribution in [0, 0.1) is 11.7 Å². The smallest absolute Gasteiger partial charge is 0.321 e. The lowest BCUT2D eigenvalue weighted by Crippen LogP contribution is -2.57. The van der Waals surface area contributed by atoms with Gasteiger partial charge >= 0.3 is 6.03 Å². The van der Waals surface area contributed by atoms with Gasteiger partial charge in [0.25, 0.3) is 0 Å². The average Bonchev–Trinajstić information content (AvgIpc) is 2.82. The van der Waals surface area contributed by atoms with Crippen molar-refractivity contribution in [1.29, 1.82) is 0 Å². The van der Waals surface area contributed by atoms with Gasteiger partial charge in [-0.2, -0.15) is 0 Å². The molecule has 34 heavy (non-hydrogen) atoms. The summed E-state index contributed by atoms with van der Waals surface area (Å²) >= 11 is 0. The molecule has 2 heterocycles. The Kier molecular flexibility index (Phi) is 11.4. The van der Waals surface area contributed by atoms with Crippen molar-refractivity contribution in [2.45, 2.75) is 25.3 Å². The normalized spacial score (nSPS) is 19.0. The molecule has 2 saturated heterocycles. The summed E-state index contributed by atoms with van der Waals surface area (Å²) in [7, 11) is 1.62. The van der Waals surface area contributed by atoms with Crippen LogP contribution in [0.3, 0.4) is 0 Å². The molecule has 0 saturated carbocycles. The van der Waals surface area contributed by atoms with Crippen molar-refractivity contribution >= 4 is 36.5 Å². The maximum absolute atomic E-state index is 13.1. The van der Waals surface area contributed by atoms with Crippen molar-refractivity contribution < 1.29 is 13.9 Å². The Bertz CT molecular complexity index is 895. The highest BCUT2D eigenvalue weighted by atomic mass is 35.5. The highest BCUT2D eigenvalue weighted by molar-refractivity contribution is 5.89. The van der Waals surface area contributed by atoms with Crippen LogP contribution in [0.2, 0.25) is 0 Å². The topological polar surface area (TPSA) is 56.8 Å². The number of nitrogens with one attached hydrogen (secondary N) is 2. The molecule has 2 aromatic carbocycles. The number of piperidine rings is 1. The van der Waals surface area contributed by atoms with E-state index >= 15 is 0 Å². The van der Waals surface area contributed by atoms with Crippen LogP contribution < -0.4 is 15.4 Å². The van der Waals surface area contributed by atoms with Crippen LogP contribution >= 0.6 is 24.8 Å². The zero-order valence-electron chi connectivity index (χ0n) is 19.5. The van der Waals surface area contributed by atoms with E-state index in [-0.39, 0.29) is 42.7 Å². The Labute approximate surface area is 214 Å². The molecular formula is C25H35Cl2FN4O2. The fraction of sp³-hybridized carbons (Fsp3) is 0.480. The third kappa shape index (κ3) is 8.01. The Morgan fingerprint density at radius 3 is 2.56 bits per heavy atom. The molecule has 4 rings (SSSR count). The van der Waals surface area contributed by atoms with E-state index in [4.69, 9.17) is 4.74 Å². The fourth-order valence-corrected chi connectivity index (χ4v) is 4.67. The highest BCUT2D eigenvalue weighted by Gasteiger charge is 2.27. The number of rotatable bonds is 6. The minimum atomic E-state index is -0.172. The van der Waals surface area contributed by atoms with E-state index < -0.39 is 0 Å². The van der Waals surface area contributed by atoms with Gasteiger partial charge in [0.2, 0.25) is 0 Å². The largest absolute Gasteiger partial charge is 0.497 e. The Morgan fingerprint density at radius 1 is 1.12 bits per heavy atom. The predicted octanol–water partition coefficient (Wildman–Crippen LogP) is 4.44. The van der Waals surface area contributed by atoms with Crippen LogP contribution in [-0.2, 0) is 6.42 Å². The van der Waals surface area contributed by atoms with Crippen LogP contribution in [0.15, 0.2) is 48.5 Å². The maximum atomic E-state index is 13.1. The van der Waals surface area contributed by atoms with Crippen molar-refractivity contribution in [3.05, 3.63) is 59.9 Å². The number of likely N-dealkylation sites (tertiary alicyclic amines) is 1. The molecule has 2 N–H and O–H groups in total. The quantitative estimate of drug-likeness (QED) is 0.600.